The summed E-state index contributed by atoms with van der Waals surface area (Å²) in [6, 6.07) is 0. The first-order valence-electron chi connectivity index (χ1n) is 13.7. The molecular weight excluding hydrogens is 392 g/mol. The maximum atomic E-state index is 12.8. The highest BCUT2D eigenvalue weighted by atomic mass is 16.3. The third-order valence-corrected chi connectivity index (χ3v) is 12.6. The topological polar surface area (TPSA) is 37.3 Å². The van der Waals surface area contributed by atoms with E-state index in [0.29, 0.717) is 34.4 Å². The highest BCUT2D eigenvalue weighted by molar-refractivity contribution is 5.85. The zero-order valence-electron chi connectivity index (χ0n) is 21.9. The number of hydrogen-bond donors (Lipinski definition) is 1. The van der Waals surface area contributed by atoms with Crippen LogP contribution in [-0.2, 0) is 4.79 Å². The molecule has 0 amide bonds. The minimum Gasteiger partial charge on any atom is -0.393 e. The molecule has 0 unspecified atom stereocenters. The number of aliphatic hydroxyl groups is 1. The van der Waals surface area contributed by atoms with Crippen LogP contribution in [-0.4, -0.2) is 17.0 Å². The number of carbonyl (C=O) groups is 1. The van der Waals surface area contributed by atoms with Crippen LogP contribution in [0.5, 0.6) is 0 Å². The molecule has 4 fully saturated rings. The molecule has 0 spiro atoms. The van der Waals surface area contributed by atoms with Crippen molar-refractivity contribution in [3.63, 3.8) is 0 Å². The van der Waals surface area contributed by atoms with Crippen LogP contribution in [0.1, 0.15) is 113 Å². The molecule has 0 radical (unpaired) electrons. The second kappa shape index (κ2) is 6.96. The number of ketones is 1. The van der Waals surface area contributed by atoms with Crippen LogP contribution >= 0.6 is 0 Å². The van der Waals surface area contributed by atoms with E-state index in [1.807, 2.05) is 0 Å². The molecule has 2 heteroatoms. The van der Waals surface area contributed by atoms with Gasteiger partial charge in [-0.05, 0) is 103 Å². The van der Waals surface area contributed by atoms with Crippen LogP contribution < -0.4 is 0 Å². The third kappa shape index (κ3) is 2.89. The molecule has 8 atom stereocenters. The van der Waals surface area contributed by atoms with Crippen molar-refractivity contribution >= 4 is 5.78 Å². The van der Waals surface area contributed by atoms with E-state index in [2.05, 4.69) is 54.5 Å². The van der Waals surface area contributed by atoms with Crippen molar-refractivity contribution in [3.8, 4) is 0 Å². The average Bonchev–Trinajstić information content (AvgIpc) is 2.86. The van der Waals surface area contributed by atoms with Gasteiger partial charge in [-0.2, -0.15) is 0 Å². The normalized spacial score (nSPS) is 51.9. The maximum absolute atomic E-state index is 12.8. The predicted octanol–water partition coefficient (Wildman–Crippen LogP) is 7.35. The van der Waals surface area contributed by atoms with Gasteiger partial charge in [-0.25, -0.2) is 0 Å². The van der Waals surface area contributed by atoms with Crippen molar-refractivity contribution < 1.29 is 9.90 Å². The second-order valence-corrected chi connectivity index (χ2v) is 14.7. The minimum absolute atomic E-state index is 0.0253. The summed E-state index contributed by atoms with van der Waals surface area (Å²) < 4.78 is 0. The number of allylic oxidation sites excluding steroid dienone is 2. The van der Waals surface area contributed by atoms with Gasteiger partial charge in [-0.1, -0.05) is 60.1 Å². The molecule has 5 aliphatic carbocycles. The summed E-state index contributed by atoms with van der Waals surface area (Å²) >= 11 is 0. The van der Waals surface area contributed by atoms with Crippen molar-refractivity contribution in [2.75, 3.05) is 0 Å². The van der Waals surface area contributed by atoms with Crippen LogP contribution in [0.15, 0.2) is 11.6 Å². The first-order valence-corrected chi connectivity index (χ1v) is 13.7. The number of rotatable bonds is 0. The summed E-state index contributed by atoms with van der Waals surface area (Å²) in [7, 11) is 0. The largest absolute Gasteiger partial charge is 0.393 e. The fourth-order valence-electron chi connectivity index (χ4n) is 10.8. The van der Waals surface area contributed by atoms with Crippen LogP contribution in [0.2, 0.25) is 0 Å². The molecule has 0 aromatic heterocycles. The van der Waals surface area contributed by atoms with Gasteiger partial charge in [0.2, 0.25) is 0 Å². The summed E-state index contributed by atoms with van der Waals surface area (Å²) in [4.78, 5) is 12.8. The quantitative estimate of drug-likeness (QED) is 0.400. The van der Waals surface area contributed by atoms with Gasteiger partial charge in [0.1, 0.15) is 5.78 Å². The molecule has 5 aliphatic rings. The Hall–Kier alpha value is -0.630. The van der Waals surface area contributed by atoms with E-state index < -0.39 is 0 Å². The van der Waals surface area contributed by atoms with Crippen LogP contribution in [0, 0.1) is 50.7 Å². The molecular formula is C30H48O2. The standard InChI is InChI=1S/C30H48O2/c1-26(2)21-10-8-19-18-28(5)15-12-22-27(3,4)25(32)14-17-30(22,7)23(28)11-9-20(19)29(21,6)16-13-24(26)31/h8,20-23,25,32H,9-18H2,1-7H3/t20-,21-,22+,23+,25-,28-,29+,30-/m0/s1. The van der Waals surface area contributed by atoms with Gasteiger partial charge in [0.15, 0.2) is 0 Å². The second-order valence-electron chi connectivity index (χ2n) is 14.7. The van der Waals surface area contributed by atoms with Crippen LogP contribution in [0.3, 0.4) is 0 Å². The molecule has 0 aromatic rings. The molecule has 0 aliphatic heterocycles. The lowest BCUT2D eigenvalue weighted by Gasteiger charge is -2.63. The number of aliphatic hydroxyl groups excluding tert-OH is 1. The Balaban J connectivity index is 1.51. The van der Waals surface area contributed by atoms with Gasteiger partial charge in [0.05, 0.1) is 6.10 Å². The Labute approximate surface area is 197 Å². The molecule has 32 heavy (non-hydrogen) atoms. The van der Waals surface area contributed by atoms with Gasteiger partial charge in [0.25, 0.3) is 0 Å². The first-order chi connectivity index (χ1) is 14.8. The van der Waals surface area contributed by atoms with Crippen LogP contribution in [0.4, 0.5) is 0 Å². The van der Waals surface area contributed by atoms with E-state index in [0.717, 1.165) is 31.6 Å². The van der Waals surface area contributed by atoms with Crippen molar-refractivity contribution in [1.82, 2.24) is 0 Å². The van der Waals surface area contributed by atoms with Gasteiger partial charge < -0.3 is 5.11 Å². The highest BCUT2D eigenvalue weighted by Crippen LogP contribution is 2.70. The third-order valence-electron chi connectivity index (χ3n) is 12.6. The molecule has 180 valence electrons. The molecule has 0 aromatic carbocycles. The van der Waals surface area contributed by atoms with E-state index in [9.17, 15) is 9.90 Å². The molecule has 0 bridgehead atoms. The first kappa shape index (κ1) is 23.1. The maximum Gasteiger partial charge on any atom is 0.138 e. The molecule has 1 N–H and O–H groups in total. The Morgan fingerprint density at radius 2 is 1.53 bits per heavy atom. The smallest absolute Gasteiger partial charge is 0.138 e. The number of fused-ring (bicyclic) bond motifs is 6. The Kier molecular flexibility index (Phi) is 5.03. The zero-order chi connectivity index (χ0) is 23.3. The Morgan fingerprint density at radius 3 is 2.25 bits per heavy atom. The zero-order valence-corrected chi connectivity index (χ0v) is 21.9. The number of hydrogen-bond acceptors (Lipinski definition) is 2. The van der Waals surface area contributed by atoms with Gasteiger partial charge in [-0.3, -0.25) is 4.79 Å². The SMILES string of the molecule is CC1(C)C(=O)CC[C@]2(C)[C@H]3CC[C@@H]4[C@@](C)(CC[C@@H]5C(C)(C)[C@@H](O)CC[C@@]54C)CC3=CC[C@@H]12. The van der Waals surface area contributed by atoms with E-state index in [1.165, 1.54) is 38.5 Å². The predicted molar refractivity (Wildman–Crippen MR) is 131 cm³/mol. The fourth-order valence-corrected chi connectivity index (χ4v) is 10.8. The van der Waals surface area contributed by atoms with Crippen molar-refractivity contribution in [3.05, 3.63) is 11.6 Å². The average molecular weight is 441 g/mol. The number of carbonyl (C=O) groups excluding carboxylic acids is 1. The Morgan fingerprint density at radius 1 is 0.812 bits per heavy atom. The van der Waals surface area contributed by atoms with E-state index in [1.54, 1.807) is 5.57 Å². The van der Waals surface area contributed by atoms with Crippen LogP contribution in [0.25, 0.3) is 0 Å². The summed E-state index contributed by atoms with van der Waals surface area (Å²) in [6.45, 7) is 16.9. The molecule has 4 saturated carbocycles. The van der Waals surface area contributed by atoms with Crippen molar-refractivity contribution in [1.29, 1.82) is 0 Å². The molecule has 2 nitrogen and oxygen atoms in total. The summed E-state index contributed by atoms with van der Waals surface area (Å²) in [5.74, 6) is 3.00. The van der Waals surface area contributed by atoms with Crippen molar-refractivity contribution in [2.45, 2.75) is 119 Å². The summed E-state index contributed by atoms with van der Waals surface area (Å²) in [5.41, 5.74) is 2.58. The van der Waals surface area contributed by atoms with E-state index in [-0.39, 0.29) is 22.3 Å². The lowest BCUT2D eigenvalue weighted by atomic mass is 9.42. The fraction of sp³-hybridized carbons (Fsp3) is 0.900. The highest BCUT2D eigenvalue weighted by Gasteiger charge is 2.63. The van der Waals surface area contributed by atoms with E-state index >= 15 is 0 Å². The molecule has 5 rings (SSSR count). The monoisotopic (exact) mass is 440 g/mol. The van der Waals surface area contributed by atoms with Gasteiger partial charge in [0, 0.05) is 11.8 Å². The molecule has 0 heterocycles. The Bertz CT molecular complexity index is 836. The van der Waals surface area contributed by atoms with Gasteiger partial charge in [-0.15, -0.1) is 0 Å². The van der Waals surface area contributed by atoms with Crippen molar-refractivity contribution in [2.24, 2.45) is 50.7 Å². The molecule has 0 saturated heterocycles. The lowest BCUT2D eigenvalue weighted by molar-refractivity contribution is -0.170. The van der Waals surface area contributed by atoms with Gasteiger partial charge >= 0.3 is 0 Å². The summed E-state index contributed by atoms with van der Waals surface area (Å²) in [5, 5.41) is 10.9. The minimum atomic E-state index is -0.182. The summed E-state index contributed by atoms with van der Waals surface area (Å²) in [6.07, 6.45) is 14.0. The number of Topliss-reactive ketones (excluding diaryl/α,β-unsaturated/α-hetero) is 1. The lowest BCUT2D eigenvalue weighted by Crippen LogP contribution is -2.58. The van der Waals surface area contributed by atoms with E-state index in [4.69, 9.17) is 0 Å².